The molecule has 0 saturated heterocycles. The Kier molecular flexibility index (Phi) is 7.41. The molecule has 13 aromatic rings. The first-order valence-electron chi connectivity index (χ1n) is 20.5. The monoisotopic (exact) mass is 795 g/mol. The Labute approximate surface area is 354 Å². The van der Waals surface area contributed by atoms with E-state index < -0.39 is 0 Å². The lowest BCUT2D eigenvalue weighted by atomic mass is 10.00. The quantitative estimate of drug-likeness (QED) is 0.174. The van der Waals surface area contributed by atoms with Crippen LogP contribution in [0.5, 0.6) is 0 Å². The van der Waals surface area contributed by atoms with E-state index in [1.807, 2.05) is 17.4 Å². The Balaban J connectivity index is 1.12. The van der Waals surface area contributed by atoms with Gasteiger partial charge in [0, 0.05) is 63.9 Å². The van der Waals surface area contributed by atoms with Crippen molar-refractivity contribution in [1.82, 2.24) is 24.1 Å². The van der Waals surface area contributed by atoms with Crippen molar-refractivity contribution in [2.75, 3.05) is 0 Å². The molecule has 0 atom stereocenters. The Bertz CT molecular complexity index is 3860. The second kappa shape index (κ2) is 13.3. The van der Waals surface area contributed by atoms with Gasteiger partial charge in [0.05, 0.1) is 22.1 Å². The number of hydrogen-bond donors (Lipinski definition) is 0. The molecule has 6 heteroatoms. The van der Waals surface area contributed by atoms with Gasteiger partial charge in [-0.2, -0.15) is 9.97 Å². The van der Waals surface area contributed by atoms with Crippen LogP contribution in [0, 0.1) is 0 Å². The average Bonchev–Trinajstić information content (AvgIpc) is 4.00. The third kappa shape index (κ3) is 5.16. The van der Waals surface area contributed by atoms with E-state index in [1.165, 1.54) is 47.3 Å². The fourth-order valence-corrected chi connectivity index (χ4v) is 10.7. The molecule has 13 rings (SSSR count). The van der Waals surface area contributed by atoms with Crippen molar-refractivity contribution in [2.45, 2.75) is 0 Å². The minimum Gasteiger partial charge on any atom is -0.309 e. The zero-order valence-corrected chi connectivity index (χ0v) is 33.5. The molecule has 0 aliphatic rings. The van der Waals surface area contributed by atoms with Crippen LogP contribution in [-0.4, -0.2) is 24.1 Å². The lowest BCUT2D eigenvalue weighted by molar-refractivity contribution is 0.955. The standard InChI is InChI=1S/C55H33N5S/c1-3-15-34(16-4-1)35-27-29-36(30-28-35)53-56-54(37-31-32-47-44(33-37)39-19-9-12-24-45(39)59(47)38-17-5-2-6-18-38)58-55(57-53)60-46-25-13-10-22-42(46)49-40-20-7-8-21-41(40)52-50(51(49)60)43-23-11-14-26-48(43)61-52/h1-33H. The first-order chi connectivity index (χ1) is 30.3. The van der Waals surface area contributed by atoms with Crippen LogP contribution in [0.25, 0.3) is 120 Å². The molecule has 0 fully saturated rings. The molecular formula is C55H33N5S. The number of benzene rings is 9. The van der Waals surface area contributed by atoms with Gasteiger partial charge in [0.1, 0.15) is 0 Å². The number of para-hydroxylation sites is 3. The summed E-state index contributed by atoms with van der Waals surface area (Å²) in [5.74, 6) is 1.81. The van der Waals surface area contributed by atoms with Crippen LogP contribution < -0.4 is 0 Å². The number of nitrogens with zero attached hydrogens (tertiary/aromatic N) is 5. The van der Waals surface area contributed by atoms with Crippen molar-refractivity contribution in [1.29, 1.82) is 0 Å². The molecule has 61 heavy (non-hydrogen) atoms. The minimum absolute atomic E-state index is 0.581. The highest BCUT2D eigenvalue weighted by molar-refractivity contribution is 7.27. The number of fused-ring (bicyclic) bond motifs is 13. The third-order valence-electron chi connectivity index (χ3n) is 12.2. The van der Waals surface area contributed by atoms with Crippen LogP contribution in [0.3, 0.4) is 0 Å². The summed E-state index contributed by atoms with van der Waals surface area (Å²) in [6.45, 7) is 0. The number of thiophene rings is 1. The van der Waals surface area contributed by atoms with Crippen LogP contribution >= 0.6 is 11.3 Å². The van der Waals surface area contributed by atoms with Gasteiger partial charge in [0.2, 0.25) is 5.95 Å². The SMILES string of the molecule is c1ccc(-c2ccc(-c3nc(-c4ccc5c(c4)c4ccccc4n5-c4ccccc4)nc(-n4c5ccccc5c5c6ccccc6c6sc7ccccc7c6c54)n3)cc2)cc1. The molecular weight excluding hydrogens is 763 g/mol. The Hall–Kier alpha value is -7.93. The maximum Gasteiger partial charge on any atom is 0.238 e. The van der Waals surface area contributed by atoms with Crippen molar-refractivity contribution < 1.29 is 0 Å². The van der Waals surface area contributed by atoms with E-state index in [0.717, 1.165) is 55.2 Å². The second-order valence-corrected chi connectivity index (χ2v) is 16.6. The number of aromatic nitrogens is 5. The average molecular weight is 796 g/mol. The molecule has 0 radical (unpaired) electrons. The summed E-state index contributed by atoms with van der Waals surface area (Å²) in [4.78, 5) is 16.2. The van der Waals surface area contributed by atoms with Gasteiger partial charge in [-0.05, 0) is 65.0 Å². The summed E-state index contributed by atoms with van der Waals surface area (Å²) in [6, 6.07) is 71.2. The summed E-state index contributed by atoms with van der Waals surface area (Å²) in [5, 5.41) is 9.61. The number of hydrogen-bond acceptors (Lipinski definition) is 4. The van der Waals surface area contributed by atoms with Crippen LogP contribution in [-0.2, 0) is 0 Å². The van der Waals surface area contributed by atoms with E-state index >= 15 is 0 Å². The molecule has 0 bridgehead atoms. The largest absolute Gasteiger partial charge is 0.309 e. The maximum absolute atomic E-state index is 5.48. The predicted octanol–water partition coefficient (Wildman–Crippen LogP) is 14.6. The van der Waals surface area contributed by atoms with Gasteiger partial charge < -0.3 is 4.57 Å². The van der Waals surface area contributed by atoms with Crippen molar-refractivity contribution in [3.8, 4) is 45.5 Å². The molecule has 0 spiro atoms. The summed E-state index contributed by atoms with van der Waals surface area (Å²) in [6.07, 6.45) is 0. The number of rotatable bonds is 5. The first kappa shape index (κ1) is 34.0. The molecule has 0 saturated carbocycles. The molecule has 5 nitrogen and oxygen atoms in total. The van der Waals surface area contributed by atoms with Crippen molar-refractivity contribution in [3.05, 3.63) is 200 Å². The zero-order valence-electron chi connectivity index (χ0n) is 32.7. The second-order valence-electron chi connectivity index (χ2n) is 15.6. The first-order valence-corrected chi connectivity index (χ1v) is 21.3. The van der Waals surface area contributed by atoms with Gasteiger partial charge in [-0.15, -0.1) is 11.3 Å². The Morgan fingerprint density at radius 2 is 0.885 bits per heavy atom. The molecule has 0 amide bonds. The third-order valence-corrected chi connectivity index (χ3v) is 13.4. The zero-order chi connectivity index (χ0) is 40.0. The van der Waals surface area contributed by atoms with Crippen LogP contribution in [0.1, 0.15) is 0 Å². The summed E-state index contributed by atoms with van der Waals surface area (Å²) < 4.78 is 7.15. The van der Waals surface area contributed by atoms with Crippen LogP contribution in [0.15, 0.2) is 200 Å². The summed E-state index contributed by atoms with van der Waals surface area (Å²) in [7, 11) is 0. The van der Waals surface area contributed by atoms with E-state index in [9.17, 15) is 0 Å². The maximum atomic E-state index is 5.48. The normalized spacial score (nSPS) is 11.9. The topological polar surface area (TPSA) is 48.5 Å². The van der Waals surface area contributed by atoms with Gasteiger partial charge in [-0.3, -0.25) is 4.57 Å². The highest BCUT2D eigenvalue weighted by Gasteiger charge is 2.24. The highest BCUT2D eigenvalue weighted by atomic mass is 32.1. The van der Waals surface area contributed by atoms with E-state index in [0.29, 0.717) is 17.6 Å². The van der Waals surface area contributed by atoms with Gasteiger partial charge in [0.25, 0.3) is 0 Å². The predicted molar refractivity (Wildman–Crippen MR) is 255 cm³/mol. The molecule has 0 unspecified atom stereocenters. The lowest BCUT2D eigenvalue weighted by Gasteiger charge is -2.13. The molecule has 9 aromatic carbocycles. The van der Waals surface area contributed by atoms with Crippen molar-refractivity contribution in [3.63, 3.8) is 0 Å². The van der Waals surface area contributed by atoms with Gasteiger partial charge in [-0.25, -0.2) is 4.98 Å². The van der Waals surface area contributed by atoms with Crippen molar-refractivity contribution >= 4 is 85.9 Å². The van der Waals surface area contributed by atoms with Crippen LogP contribution in [0.4, 0.5) is 0 Å². The lowest BCUT2D eigenvalue weighted by Crippen LogP contribution is -2.06. The van der Waals surface area contributed by atoms with Crippen molar-refractivity contribution in [2.24, 2.45) is 0 Å². The van der Waals surface area contributed by atoms with Gasteiger partial charge >= 0.3 is 0 Å². The summed E-state index contributed by atoms with van der Waals surface area (Å²) >= 11 is 1.85. The van der Waals surface area contributed by atoms with Crippen LogP contribution in [0.2, 0.25) is 0 Å². The molecule has 0 N–H and O–H groups in total. The highest BCUT2D eigenvalue weighted by Crippen LogP contribution is 2.48. The molecule has 4 heterocycles. The Morgan fingerprint density at radius 3 is 1.66 bits per heavy atom. The molecule has 0 aliphatic heterocycles. The fraction of sp³-hybridized carbons (Fsp3) is 0. The molecule has 0 aliphatic carbocycles. The van der Waals surface area contributed by atoms with E-state index in [1.54, 1.807) is 0 Å². The van der Waals surface area contributed by atoms with E-state index in [-0.39, 0.29) is 0 Å². The molecule has 284 valence electrons. The van der Waals surface area contributed by atoms with E-state index in [4.69, 9.17) is 15.0 Å². The Morgan fingerprint density at radius 1 is 0.344 bits per heavy atom. The summed E-state index contributed by atoms with van der Waals surface area (Å²) in [5.41, 5.74) is 9.71. The van der Waals surface area contributed by atoms with Gasteiger partial charge in [-0.1, -0.05) is 152 Å². The smallest absolute Gasteiger partial charge is 0.238 e. The minimum atomic E-state index is 0.581. The fourth-order valence-electron chi connectivity index (χ4n) is 9.46. The molecule has 4 aromatic heterocycles. The van der Waals surface area contributed by atoms with E-state index in [2.05, 4.69) is 203 Å². The van der Waals surface area contributed by atoms with Gasteiger partial charge in [0.15, 0.2) is 11.6 Å².